The summed E-state index contributed by atoms with van der Waals surface area (Å²) >= 11 is 0. The molecule has 2 rings (SSSR count). The van der Waals surface area contributed by atoms with Gasteiger partial charge in [0.1, 0.15) is 6.29 Å². The van der Waals surface area contributed by atoms with Gasteiger partial charge in [0.15, 0.2) is 0 Å². The van der Waals surface area contributed by atoms with Crippen LogP contribution in [-0.2, 0) is 16.0 Å². The molecule has 0 aliphatic carbocycles. The number of aldehydes is 1. The summed E-state index contributed by atoms with van der Waals surface area (Å²) in [4.78, 5) is 10.2. The van der Waals surface area contributed by atoms with Gasteiger partial charge >= 0.3 is 0 Å². The lowest BCUT2D eigenvalue weighted by atomic mass is 9.95. The predicted molar refractivity (Wildman–Crippen MR) is 54.4 cm³/mol. The Morgan fingerprint density at radius 2 is 2.29 bits per heavy atom. The van der Waals surface area contributed by atoms with Crippen molar-refractivity contribution < 1.29 is 9.53 Å². The minimum atomic E-state index is 0.575. The smallest absolute Gasteiger partial charge is 0.120 e. The van der Waals surface area contributed by atoms with Crippen molar-refractivity contribution in [3.8, 4) is 0 Å². The van der Waals surface area contributed by atoms with E-state index in [9.17, 15) is 4.79 Å². The number of hydrogen-bond donors (Lipinski definition) is 0. The van der Waals surface area contributed by atoms with Crippen molar-refractivity contribution in [1.82, 2.24) is 0 Å². The van der Waals surface area contributed by atoms with Crippen LogP contribution < -0.4 is 0 Å². The van der Waals surface area contributed by atoms with E-state index >= 15 is 0 Å². The van der Waals surface area contributed by atoms with Crippen LogP contribution in [0.5, 0.6) is 0 Å². The third-order valence-electron chi connectivity index (χ3n) is 2.61. The topological polar surface area (TPSA) is 26.3 Å². The Kier molecular flexibility index (Phi) is 2.94. The van der Waals surface area contributed by atoms with Gasteiger partial charge in [-0.25, -0.2) is 0 Å². The van der Waals surface area contributed by atoms with Gasteiger partial charge in [0.25, 0.3) is 0 Å². The van der Waals surface area contributed by atoms with Gasteiger partial charge in [0.05, 0.1) is 13.2 Å². The summed E-state index contributed by atoms with van der Waals surface area (Å²) in [6.45, 7) is 1.69. The highest BCUT2D eigenvalue weighted by molar-refractivity contribution is 5.50. The molecule has 1 fully saturated rings. The Morgan fingerprint density at radius 3 is 2.93 bits per heavy atom. The lowest BCUT2D eigenvalue weighted by molar-refractivity contribution is -0.107. The molecule has 1 saturated heterocycles. The van der Waals surface area contributed by atoms with Crippen molar-refractivity contribution in [2.45, 2.75) is 18.8 Å². The van der Waals surface area contributed by atoms with Gasteiger partial charge < -0.3 is 9.53 Å². The zero-order valence-electron chi connectivity index (χ0n) is 8.11. The van der Waals surface area contributed by atoms with Gasteiger partial charge in [0, 0.05) is 12.3 Å². The molecule has 1 heterocycles. The first-order valence-electron chi connectivity index (χ1n) is 5.00. The summed E-state index contributed by atoms with van der Waals surface area (Å²) in [5.41, 5.74) is 2.60. The van der Waals surface area contributed by atoms with Crippen LogP contribution in [0.3, 0.4) is 0 Å². The van der Waals surface area contributed by atoms with Crippen molar-refractivity contribution in [1.29, 1.82) is 0 Å². The molecular weight excluding hydrogens is 176 g/mol. The lowest BCUT2D eigenvalue weighted by Crippen LogP contribution is -2.25. The van der Waals surface area contributed by atoms with Crippen LogP contribution in [0.1, 0.15) is 23.5 Å². The van der Waals surface area contributed by atoms with Gasteiger partial charge in [-0.15, -0.1) is 0 Å². The van der Waals surface area contributed by atoms with Crippen molar-refractivity contribution in [3.05, 3.63) is 35.4 Å². The number of benzene rings is 1. The van der Waals surface area contributed by atoms with E-state index in [4.69, 9.17) is 4.74 Å². The Balaban J connectivity index is 2.05. The van der Waals surface area contributed by atoms with Crippen LogP contribution in [0.25, 0.3) is 0 Å². The summed E-state index contributed by atoms with van der Waals surface area (Å²) in [6.07, 6.45) is 2.44. The van der Waals surface area contributed by atoms with Crippen molar-refractivity contribution in [2.75, 3.05) is 13.2 Å². The summed E-state index contributed by atoms with van der Waals surface area (Å²) in [7, 11) is 0. The molecule has 0 aromatic heterocycles. The fourth-order valence-corrected chi connectivity index (χ4v) is 1.66. The fraction of sp³-hybridized carbons (Fsp3) is 0.417. The van der Waals surface area contributed by atoms with Gasteiger partial charge in [-0.2, -0.15) is 0 Å². The minimum Gasteiger partial charge on any atom is -0.380 e. The van der Waals surface area contributed by atoms with Gasteiger partial charge in [-0.1, -0.05) is 24.3 Å². The third-order valence-corrected chi connectivity index (χ3v) is 2.61. The maximum absolute atomic E-state index is 10.2. The second kappa shape index (κ2) is 4.38. The minimum absolute atomic E-state index is 0.575. The molecule has 0 amide bonds. The van der Waals surface area contributed by atoms with E-state index in [1.54, 1.807) is 0 Å². The van der Waals surface area contributed by atoms with Crippen LogP contribution >= 0.6 is 0 Å². The quantitative estimate of drug-likeness (QED) is 0.678. The first-order valence-corrected chi connectivity index (χ1v) is 5.00. The first-order chi connectivity index (χ1) is 6.90. The van der Waals surface area contributed by atoms with E-state index in [-0.39, 0.29) is 0 Å². The number of ether oxygens (including phenoxy) is 1. The van der Waals surface area contributed by atoms with Crippen LogP contribution in [-0.4, -0.2) is 19.5 Å². The molecule has 14 heavy (non-hydrogen) atoms. The van der Waals surface area contributed by atoms with Gasteiger partial charge in [-0.05, 0) is 17.5 Å². The first kappa shape index (κ1) is 9.41. The van der Waals surface area contributed by atoms with Crippen molar-refractivity contribution in [3.63, 3.8) is 0 Å². The molecule has 1 aliphatic rings. The Hall–Kier alpha value is -1.15. The maximum atomic E-state index is 10.2. The number of hydrogen-bond acceptors (Lipinski definition) is 2. The van der Waals surface area contributed by atoms with Crippen molar-refractivity contribution in [2.24, 2.45) is 0 Å². The summed E-state index contributed by atoms with van der Waals surface area (Å²) in [6, 6.07) is 8.47. The monoisotopic (exact) mass is 190 g/mol. The normalized spacial score (nSPS) is 16.3. The summed E-state index contributed by atoms with van der Waals surface area (Å²) in [5.74, 6) is 0.575. The average Bonchev–Trinajstić information content (AvgIpc) is 2.13. The molecule has 1 aromatic rings. The van der Waals surface area contributed by atoms with Gasteiger partial charge in [-0.3, -0.25) is 0 Å². The van der Waals surface area contributed by atoms with Crippen LogP contribution in [0.4, 0.5) is 0 Å². The van der Waals surface area contributed by atoms with E-state index in [0.717, 1.165) is 25.9 Å². The molecule has 1 aromatic carbocycles. The van der Waals surface area contributed by atoms with E-state index in [2.05, 4.69) is 24.3 Å². The third kappa shape index (κ3) is 2.02. The molecule has 0 radical (unpaired) electrons. The molecule has 0 unspecified atom stereocenters. The number of rotatable bonds is 4. The Bertz CT molecular complexity index is 316. The van der Waals surface area contributed by atoms with E-state index < -0.39 is 0 Å². The largest absolute Gasteiger partial charge is 0.380 e. The van der Waals surface area contributed by atoms with Crippen LogP contribution in [0.15, 0.2) is 24.3 Å². The molecule has 1 aliphatic heterocycles. The number of carbonyl (C=O) groups is 1. The van der Waals surface area contributed by atoms with E-state index in [0.29, 0.717) is 12.3 Å². The summed E-state index contributed by atoms with van der Waals surface area (Å²) < 4.78 is 5.15. The molecule has 0 spiro atoms. The SMILES string of the molecule is O=CCCc1cccc(C2COC2)c1. The summed E-state index contributed by atoms with van der Waals surface area (Å²) in [5, 5.41) is 0. The molecule has 0 N–H and O–H groups in total. The molecule has 2 heteroatoms. The molecular formula is C12H14O2. The zero-order chi connectivity index (χ0) is 9.80. The average molecular weight is 190 g/mol. The van der Waals surface area contributed by atoms with Gasteiger partial charge in [0.2, 0.25) is 0 Å². The predicted octanol–water partition coefficient (Wildman–Crippen LogP) is 1.93. The fourth-order valence-electron chi connectivity index (χ4n) is 1.66. The zero-order valence-corrected chi connectivity index (χ0v) is 8.11. The second-order valence-electron chi connectivity index (χ2n) is 3.68. The Morgan fingerprint density at radius 1 is 1.43 bits per heavy atom. The van der Waals surface area contributed by atoms with E-state index in [1.807, 2.05) is 0 Å². The Labute approximate surface area is 83.9 Å². The number of aryl methyl sites for hydroxylation is 1. The highest BCUT2D eigenvalue weighted by Gasteiger charge is 2.20. The molecule has 0 bridgehead atoms. The molecule has 74 valence electrons. The number of carbonyl (C=O) groups excluding carboxylic acids is 1. The van der Waals surface area contributed by atoms with Crippen molar-refractivity contribution >= 4 is 6.29 Å². The standard InChI is InChI=1S/C12H14O2/c13-6-2-4-10-3-1-5-11(7-10)12-8-14-9-12/h1,3,5-7,12H,2,4,8-9H2. The highest BCUT2D eigenvalue weighted by Crippen LogP contribution is 2.24. The highest BCUT2D eigenvalue weighted by atomic mass is 16.5. The van der Waals surface area contributed by atoms with Crippen LogP contribution in [0, 0.1) is 0 Å². The maximum Gasteiger partial charge on any atom is 0.120 e. The van der Waals surface area contributed by atoms with Crippen LogP contribution in [0.2, 0.25) is 0 Å². The molecule has 2 nitrogen and oxygen atoms in total. The second-order valence-corrected chi connectivity index (χ2v) is 3.68. The molecule has 0 saturated carbocycles. The molecule has 0 atom stereocenters. The lowest BCUT2D eigenvalue weighted by Gasteiger charge is -2.26. The van der Waals surface area contributed by atoms with E-state index in [1.165, 1.54) is 11.1 Å².